The smallest absolute Gasteiger partial charge is 0.344 e. The molecule has 6 heteroatoms. The summed E-state index contributed by atoms with van der Waals surface area (Å²) >= 11 is 0. The highest BCUT2D eigenvalue weighted by Crippen LogP contribution is 2.43. The molecular formula is C28H26O6. The Morgan fingerprint density at radius 2 is 1.74 bits per heavy atom. The van der Waals surface area contributed by atoms with Crippen molar-refractivity contribution < 1.29 is 18.3 Å². The van der Waals surface area contributed by atoms with Gasteiger partial charge < -0.3 is 18.3 Å². The van der Waals surface area contributed by atoms with E-state index in [1.54, 1.807) is 12.1 Å². The van der Waals surface area contributed by atoms with Gasteiger partial charge in [0.2, 0.25) is 6.29 Å². The van der Waals surface area contributed by atoms with E-state index in [1.807, 2.05) is 43.3 Å². The fourth-order valence-corrected chi connectivity index (χ4v) is 4.33. The van der Waals surface area contributed by atoms with Crippen molar-refractivity contribution in [3.8, 4) is 28.2 Å². The van der Waals surface area contributed by atoms with Gasteiger partial charge in [-0.2, -0.15) is 0 Å². The van der Waals surface area contributed by atoms with Crippen LogP contribution in [0.5, 0.6) is 5.75 Å². The second kappa shape index (κ2) is 9.31. The Labute approximate surface area is 196 Å². The maximum absolute atomic E-state index is 13.2. The van der Waals surface area contributed by atoms with Gasteiger partial charge in [0.25, 0.3) is 0 Å². The first-order valence-corrected chi connectivity index (χ1v) is 11.7. The zero-order valence-corrected chi connectivity index (χ0v) is 19.3. The molecular weight excluding hydrogens is 432 g/mol. The van der Waals surface area contributed by atoms with E-state index in [0.29, 0.717) is 45.8 Å². The molecule has 0 saturated carbocycles. The topological polar surface area (TPSA) is 78.9 Å². The van der Waals surface area contributed by atoms with E-state index in [-0.39, 0.29) is 5.56 Å². The summed E-state index contributed by atoms with van der Waals surface area (Å²) in [6, 6.07) is 16.0. The largest absolute Gasteiger partial charge is 0.460 e. The summed E-state index contributed by atoms with van der Waals surface area (Å²) in [5.74, 6) is 1.03. The van der Waals surface area contributed by atoms with Crippen LogP contribution in [0.3, 0.4) is 0 Å². The standard InChI is InChI=1S/C28H26O6/c1-3-4-5-8-13-31-28-22-15-21(20-16-25(29)32-24-14-17(2)11-12-18(20)24)27(30)34-26(22)19-9-6-7-10-23(19)33-28/h6-7,9-12,14-16,28H,3-5,8,13H2,1-2H3. The summed E-state index contributed by atoms with van der Waals surface area (Å²) in [4.78, 5) is 25.5. The van der Waals surface area contributed by atoms with Gasteiger partial charge in [-0.25, -0.2) is 9.59 Å². The number of benzene rings is 2. The van der Waals surface area contributed by atoms with E-state index in [9.17, 15) is 9.59 Å². The molecule has 5 rings (SSSR count). The predicted octanol–water partition coefficient (Wildman–Crippen LogP) is 6.38. The second-order valence-corrected chi connectivity index (χ2v) is 8.59. The minimum absolute atomic E-state index is 0.267. The molecule has 1 unspecified atom stereocenters. The van der Waals surface area contributed by atoms with Crippen molar-refractivity contribution in [2.75, 3.05) is 6.61 Å². The van der Waals surface area contributed by atoms with Crippen LogP contribution in [-0.4, -0.2) is 6.61 Å². The van der Waals surface area contributed by atoms with Crippen LogP contribution in [0.25, 0.3) is 33.4 Å². The maximum atomic E-state index is 13.2. The van der Waals surface area contributed by atoms with E-state index in [2.05, 4.69) is 6.92 Å². The van der Waals surface area contributed by atoms with E-state index in [1.165, 1.54) is 6.07 Å². The molecule has 0 radical (unpaired) electrons. The summed E-state index contributed by atoms with van der Waals surface area (Å²) < 4.78 is 23.5. The molecule has 2 aromatic heterocycles. The van der Waals surface area contributed by atoms with E-state index in [4.69, 9.17) is 18.3 Å². The summed E-state index contributed by atoms with van der Waals surface area (Å²) in [7, 11) is 0. The van der Waals surface area contributed by atoms with Crippen LogP contribution in [0.1, 0.15) is 50.0 Å². The Kier molecular flexibility index (Phi) is 6.07. The van der Waals surface area contributed by atoms with Crippen molar-refractivity contribution in [2.24, 2.45) is 0 Å². The highest BCUT2D eigenvalue weighted by atomic mass is 16.7. The Bertz CT molecular complexity index is 1460. The van der Waals surface area contributed by atoms with Gasteiger partial charge in [-0.3, -0.25) is 0 Å². The molecule has 0 N–H and O–H groups in total. The molecule has 3 heterocycles. The number of ether oxygens (including phenoxy) is 2. The predicted molar refractivity (Wildman–Crippen MR) is 130 cm³/mol. The molecule has 6 nitrogen and oxygen atoms in total. The zero-order valence-electron chi connectivity index (χ0n) is 19.3. The number of fused-ring (bicyclic) bond motifs is 4. The van der Waals surface area contributed by atoms with Crippen molar-refractivity contribution in [3.63, 3.8) is 0 Å². The van der Waals surface area contributed by atoms with Gasteiger partial charge >= 0.3 is 11.3 Å². The van der Waals surface area contributed by atoms with Crippen LogP contribution in [0.15, 0.2) is 73.0 Å². The lowest BCUT2D eigenvalue weighted by Gasteiger charge is -2.27. The highest BCUT2D eigenvalue weighted by Gasteiger charge is 2.30. The van der Waals surface area contributed by atoms with Crippen molar-refractivity contribution >= 4 is 11.0 Å². The highest BCUT2D eigenvalue weighted by molar-refractivity contribution is 5.93. The molecule has 1 aliphatic heterocycles. The van der Waals surface area contributed by atoms with Gasteiger partial charge in [0.15, 0.2) is 5.76 Å². The van der Waals surface area contributed by atoms with Crippen molar-refractivity contribution in [1.82, 2.24) is 0 Å². The number of hydrogen-bond acceptors (Lipinski definition) is 6. The normalized spacial score (nSPS) is 14.5. The molecule has 1 aliphatic rings. The summed E-state index contributed by atoms with van der Waals surface area (Å²) in [6.45, 7) is 4.60. The fourth-order valence-electron chi connectivity index (χ4n) is 4.33. The van der Waals surface area contributed by atoms with Crippen LogP contribution in [0.4, 0.5) is 0 Å². The number of unbranched alkanes of at least 4 members (excludes halogenated alkanes) is 3. The van der Waals surface area contributed by atoms with Gasteiger partial charge in [0.1, 0.15) is 11.3 Å². The van der Waals surface area contributed by atoms with E-state index in [0.717, 1.165) is 31.2 Å². The van der Waals surface area contributed by atoms with E-state index < -0.39 is 17.5 Å². The number of aryl methyl sites for hydroxylation is 1. The van der Waals surface area contributed by atoms with Crippen LogP contribution in [0.2, 0.25) is 0 Å². The van der Waals surface area contributed by atoms with Crippen LogP contribution in [0, 0.1) is 6.92 Å². The minimum atomic E-state index is -0.719. The van der Waals surface area contributed by atoms with Gasteiger partial charge in [-0.05, 0) is 43.2 Å². The second-order valence-electron chi connectivity index (χ2n) is 8.59. The third-order valence-electron chi connectivity index (χ3n) is 6.05. The fraction of sp³-hybridized carbons (Fsp3) is 0.286. The van der Waals surface area contributed by atoms with Crippen molar-refractivity contribution in [1.29, 1.82) is 0 Å². The lowest BCUT2D eigenvalue weighted by Crippen LogP contribution is -2.20. The van der Waals surface area contributed by atoms with Gasteiger partial charge in [0, 0.05) is 17.0 Å². The van der Waals surface area contributed by atoms with Crippen LogP contribution < -0.4 is 16.0 Å². The molecule has 0 saturated heterocycles. The molecule has 4 aromatic rings. The molecule has 0 aliphatic carbocycles. The average Bonchev–Trinajstić information content (AvgIpc) is 2.82. The van der Waals surface area contributed by atoms with Gasteiger partial charge in [0.05, 0.1) is 23.3 Å². The molecule has 0 bridgehead atoms. The third-order valence-corrected chi connectivity index (χ3v) is 6.05. The number of rotatable bonds is 7. The summed E-state index contributed by atoms with van der Waals surface area (Å²) in [5, 5.41) is 0.659. The van der Waals surface area contributed by atoms with E-state index >= 15 is 0 Å². The molecule has 0 spiro atoms. The molecule has 0 amide bonds. The monoisotopic (exact) mass is 458 g/mol. The molecule has 174 valence electrons. The molecule has 0 fully saturated rings. The minimum Gasteiger partial charge on any atom is -0.460 e. The SMILES string of the molecule is CCCCCCOC1Oc2ccccc2-c2oc(=O)c(-c3cc(=O)oc4cc(C)ccc34)cc21. The summed E-state index contributed by atoms with van der Waals surface area (Å²) in [6.07, 6.45) is 3.56. The van der Waals surface area contributed by atoms with Gasteiger partial charge in [-0.15, -0.1) is 0 Å². The first-order chi connectivity index (χ1) is 16.5. The Hall–Kier alpha value is -3.64. The maximum Gasteiger partial charge on any atom is 0.344 e. The first-order valence-electron chi connectivity index (χ1n) is 11.7. The Balaban J connectivity index is 1.63. The van der Waals surface area contributed by atoms with Crippen LogP contribution >= 0.6 is 0 Å². The average molecular weight is 459 g/mol. The Morgan fingerprint density at radius 1 is 0.882 bits per heavy atom. The summed E-state index contributed by atoms with van der Waals surface area (Å²) in [5.41, 5.74) is 2.35. The lowest BCUT2D eigenvalue weighted by molar-refractivity contribution is -0.0872. The van der Waals surface area contributed by atoms with Crippen molar-refractivity contribution in [2.45, 2.75) is 45.8 Å². The van der Waals surface area contributed by atoms with Crippen LogP contribution in [-0.2, 0) is 4.74 Å². The van der Waals surface area contributed by atoms with Gasteiger partial charge in [-0.1, -0.05) is 50.5 Å². The number of para-hydroxylation sites is 1. The molecule has 2 aromatic carbocycles. The quantitative estimate of drug-likeness (QED) is 0.236. The molecule has 1 atom stereocenters. The number of hydrogen-bond donors (Lipinski definition) is 0. The third kappa shape index (κ3) is 4.17. The molecule has 34 heavy (non-hydrogen) atoms. The Morgan fingerprint density at radius 3 is 2.59 bits per heavy atom. The van der Waals surface area contributed by atoms with Crippen molar-refractivity contribution in [3.05, 3.63) is 86.6 Å². The first kappa shape index (κ1) is 22.2. The lowest BCUT2D eigenvalue weighted by atomic mass is 9.97. The zero-order chi connectivity index (χ0) is 23.7.